The number of thioether (sulfide) groups is 1. The van der Waals surface area contributed by atoms with Crippen LogP contribution >= 0.6 is 46.3 Å². The van der Waals surface area contributed by atoms with Gasteiger partial charge in [-0.1, -0.05) is 29.3 Å². The lowest BCUT2D eigenvalue weighted by Crippen LogP contribution is -2.23. The van der Waals surface area contributed by atoms with Crippen molar-refractivity contribution in [3.8, 4) is 0 Å². The maximum atomic E-state index is 12.4. The van der Waals surface area contributed by atoms with Gasteiger partial charge in [-0.15, -0.1) is 23.1 Å². The van der Waals surface area contributed by atoms with Gasteiger partial charge in [0.05, 0.1) is 26.7 Å². The molecule has 3 aromatic rings. The summed E-state index contributed by atoms with van der Waals surface area (Å²) in [6.07, 6.45) is 0. The number of nitrogens with one attached hydrogen (secondary N) is 1. The second-order valence-electron chi connectivity index (χ2n) is 5.62. The molecule has 0 spiro atoms. The Morgan fingerprint density at radius 2 is 2.08 bits per heavy atom. The Labute approximate surface area is 168 Å². The van der Waals surface area contributed by atoms with Crippen LogP contribution in [0.1, 0.15) is 18.3 Å². The van der Waals surface area contributed by atoms with Gasteiger partial charge in [0.1, 0.15) is 0 Å². The van der Waals surface area contributed by atoms with E-state index in [1.165, 1.54) is 29.2 Å². The summed E-state index contributed by atoms with van der Waals surface area (Å²) in [5.74, 6) is 0.239. The lowest BCUT2D eigenvalue weighted by Gasteiger charge is -2.13. The van der Waals surface area contributed by atoms with Crippen molar-refractivity contribution in [2.45, 2.75) is 24.9 Å². The summed E-state index contributed by atoms with van der Waals surface area (Å²) in [4.78, 5) is 29.7. The van der Waals surface area contributed by atoms with Gasteiger partial charge in [-0.25, -0.2) is 4.98 Å². The van der Waals surface area contributed by atoms with Crippen molar-refractivity contribution in [3.63, 3.8) is 0 Å². The predicted molar refractivity (Wildman–Crippen MR) is 110 cm³/mol. The number of benzene rings is 1. The Hall–Kier alpha value is -1.54. The Morgan fingerprint density at radius 1 is 1.38 bits per heavy atom. The van der Waals surface area contributed by atoms with Gasteiger partial charge in [-0.3, -0.25) is 14.0 Å². The maximum Gasteiger partial charge on any atom is 0.258 e. The van der Waals surface area contributed by atoms with Gasteiger partial charge in [0.25, 0.3) is 5.56 Å². The predicted octanol–water partition coefficient (Wildman–Crippen LogP) is 4.63. The zero-order valence-corrected chi connectivity index (χ0v) is 17.1. The summed E-state index contributed by atoms with van der Waals surface area (Å²) < 4.78 is 1.58. The van der Waals surface area contributed by atoms with Crippen molar-refractivity contribution in [2.75, 3.05) is 5.32 Å². The van der Waals surface area contributed by atoms with Crippen LogP contribution in [0.3, 0.4) is 0 Å². The first-order valence-electron chi connectivity index (χ1n) is 7.70. The third-order valence-corrected chi connectivity index (χ3v) is 6.44. The molecule has 1 atom stereocenters. The molecule has 3 rings (SSSR count). The molecule has 0 aliphatic rings. The molecular weight excluding hydrogens is 413 g/mol. The van der Waals surface area contributed by atoms with Gasteiger partial charge < -0.3 is 5.32 Å². The number of carbonyl (C=O) groups excluding carboxylic acids is 1. The molecule has 26 heavy (non-hydrogen) atoms. The molecule has 1 aromatic carbocycles. The van der Waals surface area contributed by atoms with Crippen LogP contribution in [-0.2, 0) is 10.5 Å². The van der Waals surface area contributed by atoms with Crippen molar-refractivity contribution >= 4 is 62.9 Å². The van der Waals surface area contributed by atoms with Gasteiger partial charge >= 0.3 is 0 Å². The largest absolute Gasteiger partial charge is 0.323 e. The van der Waals surface area contributed by atoms with Crippen LogP contribution in [0.15, 0.2) is 34.4 Å². The Bertz CT molecular complexity index is 1010. The van der Waals surface area contributed by atoms with Gasteiger partial charge in [-0.05, 0) is 26.0 Å². The fraction of sp³-hybridized carbons (Fsp3) is 0.235. The number of halogens is 2. The first-order valence-corrected chi connectivity index (χ1v) is 10.4. The number of thiazole rings is 1. The fourth-order valence-electron chi connectivity index (χ4n) is 2.30. The van der Waals surface area contributed by atoms with E-state index >= 15 is 0 Å². The third-order valence-electron chi connectivity index (χ3n) is 3.69. The standard InChI is InChI=1S/C17H15Cl2N3O2S2/c1-9-7-26-17-20-11(6-14(23)22(9)17)8-25-10(2)16(24)21-15-12(18)4-3-5-13(15)19/h3-7,10H,8H2,1-2H3,(H,21,24). The van der Waals surface area contributed by atoms with E-state index in [0.29, 0.717) is 32.1 Å². The molecule has 1 N–H and O–H groups in total. The summed E-state index contributed by atoms with van der Waals surface area (Å²) in [7, 11) is 0. The number of aryl methyl sites for hydroxylation is 1. The second-order valence-corrected chi connectivity index (χ2v) is 8.60. The van der Waals surface area contributed by atoms with Crippen LogP contribution in [0.5, 0.6) is 0 Å². The van der Waals surface area contributed by atoms with Crippen molar-refractivity contribution in [1.82, 2.24) is 9.38 Å². The molecule has 0 fully saturated rings. The van der Waals surface area contributed by atoms with E-state index in [1.807, 2.05) is 12.3 Å². The molecule has 9 heteroatoms. The summed E-state index contributed by atoms with van der Waals surface area (Å²) in [5, 5.41) is 5.05. The highest BCUT2D eigenvalue weighted by Gasteiger charge is 2.17. The second kappa shape index (κ2) is 8.00. The van der Waals surface area contributed by atoms with Gasteiger partial charge in [-0.2, -0.15) is 0 Å². The molecule has 0 aliphatic carbocycles. The number of anilines is 1. The molecule has 0 aliphatic heterocycles. The number of amides is 1. The number of rotatable bonds is 5. The van der Waals surface area contributed by atoms with E-state index in [0.717, 1.165) is 5.69 Å². The smallest absolute Gasteiger partial charge is 0.258 e. The molecule has 0 bridgehead atoms. The number of nitrogens with zero attached hydrogens (tertiary/aromatic N) is 2. The highest BCUT2D eigenvalue weighted by atomic mass is 35.5. The van der Waals surface area contributed by atoms with E-state index in [-0.39, 0.29) is 16.7 Å². The average Bonchev–Trinajstić information content (AvgIpc) is 2.97. The van der Waals surface area contributed by atoms with Crippen LogP contribution in [0.2, 0.25) is 10.0 Å². The van der Waals surface area contributed by atoms with Crippen LogP contribution in [0, 0.1) is 6.92 Å². The molecule has 2 aromatic heterocycles. The Morgan fingerprint density at radius 3 is 2.77 bits per heavy atom. The summed E-state index contributed by atoms with van der Waals surface area (Å²) in [6, 6.07) is 6.55. The zero-order valence-electron chi connectivity index (χ0n) is 14.0. The zero-order chi connectivity index (χ0) is 18.8. The number of hydrogen-bond acceptors (Lipinski definition) is 5. The van der Waals surface area contributed by atoms with Gasteiger partial charge in [0, 0.05) is 22.9 Å². The van der Waals surface area contributed by atoms with Crippen LogP contribution in [-0.4, -0.2) is 20.5 Å². The van der Waals surface area contributed by atoms with Crippen LogP contribution < -0.4 is 10.9 Å². The highest BCUT2D eigenvalue weighted by Crippen LogP contribution is 2.30. The number of hydrogen-bond donors (Lipinski definition) is 1. The minimum absolute atomic E-state index is 0.107. The fourth-order valence-corrected chi connectivity index (χ4v) is 4.46. The Balaban J connectivity index is 1.68. The first-order chi connectivity index (χ1) is 12.4. The minimum Gasteiger partial charge on any atom is -0.323 e. The van der Waals surface area contributed by atoms with Crippen molar-refractivity contribution in [1.29, 1.82) is 0 Å². The van der Waals surface area contributed by atoms with Crippen molar-refractivity contribution < 1.29 is 4.79 Å². The Kier molecular flexibility index (Phi) is 5.92. The number of fused-ring (bicyclic) bond motifs is 1. The summed E-state index contributed by atoms with van der Waals surface area (Å²) >= 11 is 15.0. The van der Waals surface area contributed by atoms with Gasteiger partial charge in [0.2, 0.25) is 5.91 Å². The van der Waals surface area contributed by atoms with E-state index in [9.17, 15) is 9.59 Å². The molecule has 1 unspecified atom stereocenters. The number of carbonyl (C=O) groups is 1. The molecule has 5 nitrogen and oxygen atoms in total. The number of para-hydroxylation sites is 1. The van der Waals surface area contributed by atoms with E-state index in [4.69, 9.17) is 23.2 Å². The normalized spacial score (nSPS) is 12.3. The van der Waals surface area contributed by atoms with E-state index in [2.05, 4.69) is 10.3 Å². The molecule has 2 heterocycles. The van der Waals surface area contributed by atoms with E-state index < -0.39 is 0 Å². The molecular formula is C17H15Cl2N3O2S2. The van der Waals surface area contributed by atoms with Crippen LogP contribution in [0.4, 0.5) is 5.69 Å². The SMILES string of the molecule is Cc1csc2nc(CSC(C)C(=O)Nc3c(Cl)cccc3Cl)cc(=O)n12. The molecule has 0 saturated carbocycles. The lowest BCUT2D eigenvalue weighted by atomic mass is 10.3. The molecule has 1 amide bonds. The average molecular weight is 428 g/mol. The maximum absolute atomic E-state index is 12.4. The quantitative estimate of drug-likeness (QED) is 0.644. The minimum atomic E-state index is -0.368. The first kappa shape index (κ1) is 19.2. The summed E-state index contributed by atoms with van der Waals surface area (Å²) in [5.41, 5.74) is 1.81. The topological polar surface area (TPSA) is 63.5 Å². The number of aromatic nitrogens is 2. The highest BCUT2D eigenvalue weighted by molar-refractivity contribution is 7.99. The van der Waals surface area contributed by atoms with Crippen molar-refractivity contribution in [3.05, 3.63) is 61.4 Å². The molecule has 0 radical (unpaired) electrons. The monoisotopic (exact) mass is 427 g/mol. The van der Waals surface area contributed by atoms with E-state index in [1.54, 1.807) is 29.5 Å². The molecule has 0 saturated heterocycles. The van der Waals surface area contributed by atoms with Crippen molar-refractivity contribution in [2.24, 2.45) is 0 Å². The van der Waals surface area contributed by atoms with Gasteiger partial charge in [0.15, 0.2) is 4.96 Å². The lowest BCUT2D eigenvalue weighted by molar-refractivity contribution is -0.115. The summed E-state index contributed by atoms with van der Waals surface area (Å²) in [6.45, 7) is 3.65. The molecule has 136 valence electrons. The third kappa shape index (κ3) is 4.06. The van der Waals surface area contributed by atoms with Crippen LogP contribution in [0.25, 0.3) is 4.96 Å².